The molecule has 1 amide bonds. The fourth-order valence-electron chi connectivity index (χ4n) is 3.39. The fraction of sp³-hybridized carbons (Fsp3) is 0.500. The Labute approximate surface area is 169 Å². The van der Waals surface area contributed by atoms with Gasteiger partial charge in [0.15, 0.2) is 0 Å². The Morgan fingerprint density at radius 3 is 2.72 bits per heavy atom. The Morgan fingerprint density at radius 2 is 2.00 bits per heavy atom. The number of benzene rings is 1. The van der Waals surface area contributed by atoms with Crippen LogP contribution in [0.15, 0.2) is 44.4 Å². The molecule has 0 aliphatic carbocycles. The highest BCUT2D eigenvalue weighted by Gasteiger charge is 2.32. The summed E-state index contributed by atoms with van der Waals surface area (Å²) in [6.45, 7) is 4.35. The Bertz CT molecular complexity index is 1010. The average Bonchev–Trinajstić information content (AvgIpc) is 2.73. The molecule has 0 spiro atoms. The standard InChI is InChI=1S/C20H26N2O6S/c1-2-27-13-3-10-21-20(24)15-8-11-22(12-9-15)29(25,26)17-5-6-18-16(14-17)4-7-19(23)28-18/h4-7,14-15H,2-3,8-13H2,1H3,(H,21,24). The molecule has 0 atom stereocenters. The van der Waals surface area contributed by atoms with E-state index in [0.717, 1.165) is 6.42 Å². The van der Waals surface area contributed by atoms with Crippen LogP contribution in [0.2, 0.25) is 0 Å². The summed E-state index contributed by atoms with van der Waals surface area (Å²) < 4.78 is 37.6. The third kappa shape index (κ3) is 5.23. The van der Waals surface area contributed by atoms with Gasteiger partial charge in [-0.3, -0.25) is 4.79 Å². The molecular weight excluding hydrogens is 396 g/mol. The van der Waals surface area contributed by atoms with Crippen LogP contribution in [0.25, 0.3) is 11.0 Å². The monoisotopic (exact) mass is 422 g/mol. The van der Waals surface area contributed by atoms with Gasteiger partial charge in [0.25, 0.3) is 0 Å². The van der Waals surface area contributed by atoms with Gasteiger partial charge in [0.1, 0.15) is 5.58 Å². The minimum Gasteiger partial charge on any atom is -0.423 e. The minimum atomic E-state index is -3.67. The van der Waals surface area contributed by atoms with Crippen LogP contribution in [0.1, 0.15) is 26.2 Å². The number of piperidine rings is 1. The SMILES string of the molecule is CCOCCCNC(=O)C1CCN(S(=O)(=O)c2ccc3oc(=O)ccc3c2)CC1. The molecule has 1 aromatic heterocycles. The lowest BCUT2D eigenvalue weighted by Gasteiger charge is -2.30. The summed E-state index contributed by atoms with van der Waals surface area (Å²) in [6, 6.07) is 7.24. The van der Waals surface area contributed by atoms with E-state index in [1.165, 1.54) is 28.6 Å². The number of fused-ring (bicyclic) bond motifs is 1. The zero-order valence-electron chi connectivity index (χ0n) is 16.4. The number of carbonyl (C=O) groups excluding carboxylic acids is 1. The summed E-state index contributed by atoms with van der Waals surface area (Å²) in [5.74, 6) is -0.210. The number of hydrogen-bond acceptors (Lipinski definition) is 6. The van der Waals surface area contributed by atoms with E-state index in [1.54, 1.807) is 6.07 Å². The summed E-state index contributed by atoms with van der Waals surface area (Å²) in [5, 5.41) is 3.45. The normalized spacial score (nSPS) is 16.2. The van der Waals surface area contributed by atoms with Crippen LogP contribution in [0.5, 0.6) is 0 Å². The molecule has 1 aliphatic rings. The maximum absolute atomic E-state index is 13.0. The Kier molecular flexibility index (Phi) is 7.05. The van der Waals surface area contributed by atoms with Gasteiger partial charge in [-0.1, -0.05) is 0 Å². The maximum atomic E-state index is 13.0. The van der Waals surface area contributed by atoms with Crippen LogP contribution in [-0.4, -0.2) is 51.5 Å². The fourth-order valence-corrected chi connectivity index (χ4v) is 4.90. The van der Waals surface area contributed by atoms with Crippen molar-refractivity contribution in [3.8, 4) is 0 Å². The summed E-state index contributed by atoms with van der Waals surface area (Å²) in [4.78, 5) is 23.7. The first kappa shape index (κ1) is 21.5. The molecule has 1 saturated heterocycles. The number of carbonyl (C=O) groups is 1. The van der Waals surface area contributed by atoms with Crippen LogP contribution in [-0.2, 0) is 19.6 Å². The van der Waals surface area contributed by atoms with Crippen LogP contribution in [0, 0.1) is 5.92 Å². The number of hydrogen-bond donors (Lipinski definition) is 1. The van der Waals surface area contributed by atoms with E-state index in [1.807, 2.05) is 6.92 Å². The first-order chi connectivity index (χ1) is 13.9. The Balaban J connectivity index is 1.59. The molecule has 8 nitrogen and oxygen atoms in total. The van der Waals surface area contributed by atoms with E-state index in [4.69, 9.17) is 9.15 Å². The second-order valence-electron chi connectivity index (χ2n) is 6.97. The molecule has 0 unspecified atom stereocenters. The number of ether oxygens (including phenoxy) is 1. The van der Waals surface area contributed by atoms with Crippen molar-refractivity contribution in [3.05, 3.63) is 40.8 Å². The largest absolute Gasteiger partial charge is 0.423 e. The lowest BCUT2D eigenvalue weighted by molar-refractivity contribution is -0.126. The third-order valence-corrected chi connectivity index (χ3v) is 6.92. The molecule has 1 aliphatic heterocycles. The molecule has 2 heterocycles. The van der Waals surface area contributed by atoms with E-state index in [-0.39, 0.29) is 16.7 Å². The molecule has 158 valence electrons. The summed E-state index contributed by atoms with van der Waals surface area (Å²) in [5.41, 5.74) is -0.137. The van der Waals surface area contributed by atoms with Gasteiger partial charge in [-0.2, -0.15) is 4.31 Å². The van der Waals surface area contributed by atoms with Crippen molar-refractivity contribution in [1.29, 1.82) is 0 Å². The quantitative estimate of drug-likeness (QED) is 0.513. The minimum absolute atomic E-state index is 0.0284. The predicted octanol–water partition coefficient (Wildman–Crippen LogP) is 1.74. The molecule has 0 radical (unpaired) electrons. The van der Waals surface area contributed by atoms with E-state index in [0.29, 0.717) is 56.7 Å². The average molecular weight is 423 g/mol. The molecule has 3 rings (SSSR count). The Hall–Kier alpha value is -2.23. The van der Waals surface area contributed by atoms with Gasteiger partial charge in [-0.25, -0.2) is 13.2 Å². The first-order valence-corrected chi connectivity index (χ1v) is 11.3. The van der Waals surface area contributed by atoms with E-state index in [9.17, 15) is 18.0 Å². The molecule has 1 N–H and O–H groups in total. The molecule has 0 bridgehead atoms. The molecule has 1 fully saturated rings. The highest BCUT2D eigenvalue weighted by molar-refractivity contribution is 7.89. The van der Waals surface area contributed by atoms with Crippen molar-refractivity contribution in [2.24, 2.45) is 5.92 Å². The first-order valence-electron chi connectivity index (χ1n) is 9.81. The zero-order chi connectivity index (χ0) is 20.9. The van der Waals surface area contributed by atoms with Crippen molar-refractivity contribution in [2.75, 3.05) is 32.8 Å². The van der Waals surface area contributed by atoms with E-state index < -0.39 is 15.6 Å². The van der Waals surface area contributed by atoms with Crippen molar-refractivity contribution < 1.29 is 22.4 Å². The van der Waals surface area contributed by atoms with Gasteiger partial charge in [-0.15, -0.1) is 0 Å². The highest BCUT2D eigenvalue weighted by Crippen LogP contribution is 2.26. The molecule has 9 heteroatoms. The van der Waals surface area contributed by atoms with Gasteiger partial charge < -0.3 is 14.5 Å². The van der Waals surface area contributed by atoms with Crippen LogP contribution in [0.3, 0.4) is 0 Å². The Morgan fingerprint density at radius 1 is 1.24 bits per heavy atom. The number of nitrogens with zero attached hydrogens (tertiary/aromatic N) is 1. The molecule has 29 heavy (non-hydrogen) atoms. The molecule has 0 saturated carbocycles. The van der Waals surface area contributed by atoms with Crippen molar-refractivity contribution in [1.82, 2.24) is 9.62 Å². The smallest absolute Gasteiger partial charge is 0.336 e. The number of rotatable bonds is 8. The zero-order valence-corrected chi connectivity index (χ0v) is 17.2. The second-order valence-corrected chi connectivity index (χ2v) is 8.91. The number of nitrogens with one attached hydrogen (secondary N) is 1. The maximum Gasteiger partial charge on any atom is 0.336 e. The van der Waals surface area contributed by atoms with Gasteiger partial charge in [0.05, 0.1) is 4.90 Å². The topological polar surface area (TPSA) is 106 Å². The highest BCUT2D eigenvalue weighted by atomic mass is 32.2. The van der Waals surface area contributed by atoms with E-state index in [2.05, 4.69) is 5.32 Å². The van der Waals surface area contributed by atoms with Crippen molar-refractivity contribution >= 4 is 26.9 Å². The molecule has 2 aromatic rings. The molecule has 1 aromatic carbocycles. The van der Waals surface area contributed by atoms with Crippen molar-refractivity contribution in [2.45, 2.75) is 31.1 Å². The van der Waals surface area contributed by atoms with Crippen LogP contribution >= 0.6 is 0 Å². The second kappa shape index (κ2) is 9.51. The van der Waals surface area contributed by atoms with Gasteiger partial charge >= 0.3 is 5.63 Å². The predicted molar refractivity (Wildman–Crippen MR) is 108 cm³/mol. The number of amides is 1. The van der Waals surface area contributed by atoms with Gasteiger partial charge in [-0.05, 0) is 50.5 Å². The lowest BCUT2D eigenvalue weighted by Crippen LogP contribution is -2.43. The molecular formula is C20H26N2O6S. The summed E-state index contributed by atoms with van der Waals surface area (Å²) in [7, 11) is -3.67. The third-order valence-electron chi connectivity index (χ3n) is 5.02. The van der Waals surface area contributed by atoms with Crippen molar-refractivity contribution in [3.63, 3.8) is 0 Å². The summed E-state index contributed by atoms with van der Waals surface area (Å²) >= 11 is 0. The van der Waals surface area contributed by atoms with Gasteiger partial charge in [0, 0.05) is 50.2 Å². The summed E-state index contributed by atoms with van der Waals surface area (Å²) in [6.07, 6.45) is 1.73. The van der Waals surface area contributed by atoms with Gasteiger partial charge in [0.2, 0.25) is 15.9 Å². The van der Waals surface area contributed by atoms with Crippen LogP contribution < -0.4 is 10.9 Å². The lowest BCUT2D eigenvalue weighted by atomic mass is 9.97. The number of sulfonamides is 1. The van der Waals surface area contributed by atoms with Crippen LogP contribution in [0.4, 0.5) is 0 Å². The van der Waals surface area contributed by atoms with E-state index >= 15 is 0 Å².